The van der Waals surface area contributed by atoms with E-state index in [1.807, 2.05) is 0 Å². The van der Waals surface area contributed by atoms with Gasteiger partial charge < -0.3 is 5.32 Å². The Hall–Kier alpha value is 0.310. The lowest BCUT2D eigenvalue weighted by Gasteiger charge is -2.09. The van der Waals surface area contributed by atoms with Gasteiger partial charge in [0.1, 0.15) is 0 Å². The first-order valence-corrected chi connectivity index (χ1v) is 4.91. The van der Waals surface area contributed by atoms with Gasteiger partial charge in [-0.15, -0.1) is 0 Å². The SMILES string of the molecule is SCCCNC1CCCC1. The molecule has 60 valence electrons. The Labute approximate surface area is 69.0 Å². The van der Waals surface area contributed by atoms with Crippen LogP contribution in [0.3, 0.4) is 0 Å². The fraction of sp³-hybridized carbons (Fsp3) is 1.00. The first-order chi connectivity index (χ1) is 4.93. The van der Waals surface area contributed by atoms with Crippen LogP contribution in [0.15, 0.2) is 0 Å². The molecule has 1 nitrogen and oxygen atoms in total. The summed E-state index contributed by atoms with van der Waals surface area (Å²) in [5, 5.41) is 3.53. The summed E-state index contributed by atoms with van der Waals surface area (Å²) >= 11 is 4.16. The molecule has 0 aromatic rings. The first kappa shape index (κ1) is 8.41. The van der Waals surface area contributed by atoms with Crippen LogP contribution in [0, 0.1) is 0 Å². The molecule has 1 rings (SSSR count). The Kier molecular flexibility index (Phi) is 4.23. The van der Waals surface area contributed by atoms with Gasteiger partial charge in [-0.1, -0.05) is 12.8 Å². The van der Waals surface area contributed by atoms with Crippen LogP contribution in [0.2, 0.25) is 0 Å². The smallest absolute Gasteiger partial charge is 0.00670 e. The lowest BCUT2D eigenvalue weighted by atomic mass is 10.2. The van der Waals surface area contributed by atoms with Gasteiger partial charge in [0.15, 0.2) is 0 Å². The average molecular weight is 159 g/mol. The summed E-state index contributed by atoms with van der Waals surface area (Å²) in [6.07, 6.45) is 6.86. The zero-order valence-corrected chi connectivity index (χ0v) is 7.37. The number of hydrogen-bond acceptors (Lipinski definition) is 2. The van der Waals surface area contributed by atoms with Gasteiger partial charge in [0, 0.05) is 6.04 Å². The van der Waals surface area contributed by atoms with Crippen molar-refractivity contribution in [3.63, 3.8) is 0 Å². The third-order valence-electron chi connectivity index (χ3n) is 2.12. The van der Waals surface area contributed by atoms with Crippen molar-refractivity contribution in [3.8, 4) is 0 Å². The molecule has 0 amide bonds. The minimum Gasteiger partial charge on any atom is -0.314 e. The molecule has 0 aromatic carbocycles. The molecule has 0 spiro atoms. The predicted octanol–water partition coefficient (Wildman–Crippen LogP) is 1.84. The third-order valence-corrected chi connectivity index (χ3v) is 2.44. The molecule has 10 heavy (non-hydrogen) atoms. The molecule has 1 aliphatic rings. The van der Waals surface area contributed by atoms with Gasteiger partial charge in [-0.25, -0.2) is 0 Å². The van der Waals surface area contributed by atoms with E-state index in [9.17, 15) is 0 Å². The van der Waals surface area contributed by atoms with Gasteiger partial charge in [0.2, 0.25) is 0 Å². The lowest BCUT2D eigenvalue weighted by Crippen LogP contribution is -2.26. The quantitative estimate of drug-likeness (QED) is 0.471. The Morgan fingerprint density at radius 1 is 1.30 bits per heavy atom. The summed E-state index contributed by atoms with van der Waals surface area (Å²) in [5.74, 6) is 1.01. The van der Waals surface area contributed by atoms with Gasteiger partial charge in [0.25, 0.3) is 0 Å². The molecule has 0 aliphatic heterocycles. The van der Waals surface area contributed by atoms with Gasteiger partial charge in [-0.3, -0.25) is 0 Å². The van der Waals surface area contributed by atoms with Gasteiger partial charge in [0.05, 0.1) is 0 Å². The topological polar surface area (TPSA) is 12.0 Å². The van der Waals surface area contributed by atoms with Gasteiger partial charge in [-0.2, -0.15) is 12.6 Å². The summed E-state index contributed by atoms with van der Waals surface area (Å²) in [6.45, 7) is 1.16. The highest BCUT2D eigenvalue weighted by molar-refractivity contribution is 7.80. The van der Waals surface area contributed by atoms with Crippen molar-refractivity contribution < 1.29 is 0 Å². The average Bonchev–Trinajstić information content (AvgIpc) is 2.41. The monoisotopic (exact) mass is 159 g/mol. The van der Waals surface area contributed by atoms with Crippen molar-refractivity contribution in [2.24, 2.45) is 0 Å². The Balaban J connectivity index is 1.91. The van der Waals surface area contributed by atoms with Crippen LogP contribution < -0.4 is 5.32 Å². The van der Waals surface area contributed by atoms with Crippen LogP contribution in [-0.2, 0) is 0 Å². The molecule has 0 atom stereocenters. The number of nitrogens with one attached hydrogen (secondary N) is 1. The molecule has 2 heteroatoms. The molecular formula is C8H17NS. The second-order valence-electron chi connectivity index (χ2n) is 3.01. The largest absolute Gasteiger partial charge is 0.314 e. The molecule has 1 N–H and O–H groups in total. The van der Waals surface area contributed by atoms with E-state index >= 15 is 0 Å². The van der Waals surface area contributed by atoms with Crippen LogP contribution in [0.25, 0.3) is 0 Å². The molecule has 0 saturated heterocycles. The first-order valence-electron chi connectivity index (χ1n) is 4.27. The van der Waals surface area contributed by atoms with Crippen molar-refractivity contribution in [2.75, 3.05) is 12.3 Å². The molecule has 1 aliphatic carbocycles. The maximum absolute atomic E-state index is 4.16. The van der Waals surface area contributed by atoms with E-state index < -0.39 is 0 Å². The summed E-state index contributed by atoms with van der Waals surface area (Å²) in [5.41, 5.74) is 0. The number of hydrogen-bond donors (Lipinski definition) is 2. The predicted molar refractivity (Wildman–Crippen MR) is 48.7 cm³/mol. The van der Waals surface area contributed by atoms with Crippen molar-refractivity contribution in [1.29, 1.82) is 0 Å². The standard InChI is InChI=1S/C8H17NS/c10-7-3-6-9-8-4-1-2-5-8/h8-10H,1-7H2. The maximum atomic E-state index is 4.16. The van der Waals surface area contributed by atoms with Crippen molar-refractivity contribution >= 4 is 12.6 Å². The summed E-state index contributed by atoms with van der Waals surface area (Å²) in [7, 11) is 0. The summed E-state index contributed by atoms with van der Waals surface area (Å²) in [6, 6.07) is 0.833. The fourth-order valence-electron chi connectivity index (χ4n) is 1.52. The zero-order chi connectivity index (χ0) is 7.23. The van der Waals surface area contributed by atoms with E-state index in [-0.39, 0.29) is 0 Å². The molecule has 0 unspecified atom stereocenters. The van der Waals surface area contributed by atoms with Crippen LogP contribution in [-0.4, -0.2) is 18.3 Å². The van der Waals surface area contributed by atoms with Crippen LogP contribution in [0.1, 0.15) is 32.1 Å². The highest BCUT2D eigenvalue weighted by Gasteiger charge is 2.12. The van der Waals surface area contributed by atoms with Crippen LogP contribution in [0.5, 0.6) is 0 Å². The van der Waals surface area contributed by atoms with Crippen LogP contribution in [0.4, 0.5) is 0 Å². The lowest BCUT2D eigenvalue weighted by molar-refractivity contribution is 0.525. The molecule has 0 bridgehead atoms. The number of thiol groups is 1. The third kappa shape index (κ3) is 2.93. The molecule has 1 fully saturated rings. The Bertz CT molecular complexity index is 79.3. The normalized spacial score (nSPS) is 20.1. The van der Waals surface area contributed by atoms with Crippen molar-refractivity contribution in [2.45, 2.75) is 38.1 Å². The second kappa shape index (κ2) is 5.03. The second-order valence-corrected chi connectivity index (χ2v) is 3.46. The number of rotatable bonds is 4. The molecular weight excluding hydrogens is 142 g/mol. The zero-order valence-electron chi connectivity index (χ0n) is 6.47. The van der Waals surface area contributed by atoms with E-state index in [2.05, 4.69) is 17.9 Å². The molecule has 1 saturated carbocycles. The maximum Gasteiger partial charge on any atom is 0.00670 e. The van der Waals surface area contributed by atoms with Gasteiger partial charge >= 0.3 is 0 Å². The molecule has 0 aromatic heterocycles. The Morgan fingerprint density at radius 3 is 2.60 bits per heavy atom. The van der Waals surface area contributed by atoms with E-state index in [0.29, 0.717) is 0 Å². The van der Waals surface area contributed by atoms with E-state index in [1.165, 1.54) is 32.1 Å². The van der Waals surface area contributed by atoms with Crippen LogP contribution >= 0.6 is 12.6 Å². The summed E-state index contributed by atoms with van der Waals surface area (Å²) < 4.78 is 0. The molecule has 0 radical (unpaired) electrons. The van der Waals surface area contributed by atoms with Gasteiger partial charge in [-0.05, 0) is 31.6 Å². The van der Waals surface area contributed by atoms with Crippen molar-refractivity contribution in [3.05, 3.63) is 0 Å². The van der Waals surface area contributed by atoms with E-state index in [4.69, 9.17) is 0 Å². The Morgan fingerprint density at radius 2 is 2.00 bits per heavy atom. The fourth-order valence-corrected chi connectivity index (χ4v) is 1.67. The summed E-state index contributed by atoms with van der Waals surface area (Å²) in [4.78, 5) is 0. The van der Waals surface area contributed by atoms with E-state index in [0.717, 1.165) is 18.3 Å². The minimum atomic E-state index is 0.833. The van der Waals surface area contributed by atoms with E-state index in [1.54, 1.807) is 0 Å². The molecule has 0 heterocycles. The minimum absolute atomic E-state index is 0.833. The van der Waals surface area contributed by atoms with Crippen molar-refractivity contribution in [1.82, 2.24) is 5.32 Å². The highest BCUT2D eigenvalue weighted by atomic mass is 32.1. The highest BCUT2D eigenvalue weighted by Crippen LogP contribution is 2.17.